The van der Waals surface area contributed by atoms with Crippen LogP contribution in [0.2, 0.25) is 35.2 Å². The summed E-state index contributed by atoms with van der Waals surface area (Å²) in [4.78, 5) is 0. The first-order chi connectivity index (χ1) is 9.25. The average Bonchev–Trinajstić information content (AvgIpc) is 2.40. The maximum absolute atomic E-state index is 9.69. The summed E-state index contributed by atoms with van der Waals surface area (Å²) in [5.41, 5.74) is 0.671. The van der Waals surface area contributed by atoms with Gasteiger partial charge in [-0.2, -0.15) is 0 Å². The smallest absolute Gasteiger partial charge is 0.155 e. The molecule has 8 heteroatoms. The predicted molar refractivity (Wildman–Crippen MR) is 88.6 cm³/mol. The van der Waals surface area contributed by atoms with Gasteiger partial charge in [-0.3, -0.25) is 0 Å². The molecule has 0 aliphatic rings. The normalized spacial score (nSPS) is 10.9. The zero-order valence-electron chi connectivity index (χ0n) is 9.25. The van der Waals surface area contributed by atoms with Gasteiger partial charge >= 0.3 is 0 Å². The van der Waals surface area contributed by atoms with Crippen molar-refractivity contribution in [2.45, 2.75) is 0 Å². The third-order valence-electron chi connectivity index (χ3n) is 2.52. The summed E-state index contributed by atoms with van der Waals surface area (Å²) in [6, 6.07) is 2.94. The van der Waals surface area contributed by atoms with Crippen molar-refractivity contribution in [1.82, 2.24) is 0 Å². The highest BCUT2D eigenvalue weighted by molar-refractivity contribution is 6.52. The molecule has 1 nitrogen and oxygen atoms in total. The van der Waals surface area contributed by atoms with Gasteiger partial charge in [0.15, 0.2) is 5.75 Å². The maximum Gasteiger partial charge on any atom is 0.155 e. The maximum atomic E-state index is 9.69. The number of halogens is 7. The summed E-state index contributed by atoms with van der Waals surface area (Å²) >= 11 is 42.0. The molecular formula is C12H3Cl7O. The number of phenols is 1. The van der Waals surface area contributed by atoms with Crippen LogP contribution in [0.4, 0.5) is 0 Å². The quantitative estimate of drug-likeness (QED) is 0.468. The lowest BCUT2D eigenvalue weighted by Crippen LogP contribution is -1.88. The highest BCUT2D eigenvalue weighted by Gasteiger charge is 2.23. The minimum atomic E-state index is -0.400. The van der Waals surface area contributed by atoms with Gasteiger partial charge in [0, 0.05) is 11.1 Å². The SMILES string of the molecule is O[13c]1[13c](Cl)[13c](Cl)[13c](-[13c]2[13cH][13c](Cl)[13c](Cl)[13cH][13c]2Cl)[13c](Cl)[13c]1Cl. The number of aromatic hydroxyl groups is 1. The topological polar surface area (TPSA) is 20.2 Å². The molecule has 0 saturated carbocycles. The van der Waals surface area contributed by atoms with E-state index in [1.165, 1.54) is 12.1 Å². The van der Waals surface area contributed by atoms with Crippen molar-refractivity contribution in [3.63, 3.8) is 0 Å². The van der Waals surface area contributed by atoms with Gasteiger partial charge in [-0.15, -0.1) is 0 Å². The summed E-state index contributed by atoms with van der Waals surface area (Å²) in [7, 11) is 0. The summed E-state index contributed by atoms with van der Waals surface area (Å²) in [5.74, 6) is -0.400. The van der Waals surface area contributed by atoms with E-state index in [9.17, 15) is 5.11 Å². The van der Waals surface area contributed by atoms with Crippen LogP contribution in [-0.4, -0.2) is 5.11 Å². The highest BCUT2D eigenvalue weighted by Crippen LogP contribution is 2.51. The number of hydrogen-bond donors (Lipinski definition) is 1. The second-order valence-electron chi connectivity index (χ2n) is 3.73. The lowest BCUT2D eigenvalue weighted by Gasteiger charge is -2.14. The van der Waals surface area contributed by atoms with Crippen molar-refractivity contribution in [1.29, 1.82) is 0 Å². The van der Waals surface area contributed by atoms with Crippen LogP contribution in [0.3, 0.4) is 0 Å². The molecule has 2 rings (SSSR count). The zero-order chi connectivity index (χ0) is 15.2. The summed E-state index contributed by atoms with van der Waals surface area (Å²) < 4.78 is 0. The van der Waals surface area contributed by atoms with Crippen LogP contribution in [-0.2, 0) is 0 Å². The minimum Gasteiger partial charge on any atom is -0.505 e. The average molecular weight is 423 g/mol. The molecule has 0 heterocycles. The van der Waals surface area contributed by atoms with E-state index >= 15 is 0 Å². The molecule has 0 amide bonds. The molecule has 1 N–H and O–H groups in total. The van der Waals surface area contributed by atoms with Crippen LogP contribution in [0.25, 0.3) is 11.1 Å². The molecule has 106 valence electrons. The van der Waals surface area contributed by atoms with E-state index in [0.29, 0.717) is 5.56 Å². The van der Waals surface area contributed by atoms with Crippen LogP contribution in [0.5, 0.6) is 5.75 Å². The summed E-state index contributed by atoms with van der Waals surface area (Å²) in [6.45, 7) is 0. The molecule has 0 aliphatic heterocycles. The van der Waals surface area contributed by atoms with Crippen molar-refractivity contribution in [2.75, 3.05) is 0 Å². The zero-order valence-corrected chi connectivity index (χ0v) is 14.5. The monoisotopic (exact) mass is 420 g/mol. The first kappa shape index (κ1) is 16.6. The molecule has 0 aliphatic carbocycles. The second kappa shape index (κ2) is 6.18. The van der Waals surface area contributed by atoms with E-state index in [0.717, 1.165) is 0 Å². The Morgan fingerprint density at radius 1 is 0.600 bits per heavy atom. The molecule has 20 heavy (non-hydrogen) atoms. The Bertz CT molecular complexity index is 683. The number of benzene rings is 2. The second-order valence-corrected chi connectivity index (χ2v) is 6.46. The lowest BCUT2D eigenvalue weighted by atomic mass is 11.0. The molecular weight excluding hydrogens is 420 g/mol. The van der Waals surface area contributed by atoms with Gasteiger partial charge in [0.05, 0.1) is 25.1 Å². The highest BCUT2D eigenvalue weighted by atomic mass is 35.5. The van der Waals surface area contributed by atoms with Crippen molar-refractivity contribution >= 4 is 81.2 Å². The van der Waals surface area contributed by atoms with E-state index in [1.54, 1.807) is 0 Å². The molecule has 0 unspecified atom stereocenters. The predicted octanol–water partition coefficient (Wildman–Crippen LogP) is 7.63. The largest absolute Gasteiger partial charge is 0.505 e. The van der Waals surface area contributed by atoms with E-state index in [-0.39, 0.29) is 40.7 Å². The van der Waals surface area contributed by atoms with E-state index in [1.807, 2.05) is 0 Å². The molecule has 2 aromatic rings. The third kappa shape index (κ3) is 2.78. The molecule has 2 aromatic carbocycles. The van der Waals surface area contributed by atoms with Gasteiger partial charge in [-0.25, -0.2) is 0 Å². The van der Waals surface area contributed by atoms with E-state index in [4.69, 9.17) is 81.2 Å². The van der Waals surface area contributed by atoms with E-state index in [2.05, 4.69) is 0 Å². The van der Waals surface area contributed by atoms with Crippen LogP contribution in [0, 0.1) is 0 Å². The minimum absolute atomic E-state index is 0.0128. The molecule has 0 atom stereocenters. The Kier molecular flexibility index (Phi) is 5.14. The van der Waals surface area contributed by atoms with Gasteiger partial charge < -0.3 is 5.11 Å². The molecule has 0 bridgehead atoms. The van der Waals surface area contributed by atoms with Crippen LogP contribution < -0.4 is 0 Å². The van der Waals surface area contributed by atoms with Crippen LogP contribution in [0.15, 0.2) is 12.1 Å². The molecule has 0 saturated heterocycles. The van der Waals surface area contributed by atoms with Gasteiger partial charge in [-0.1, -0.05) is 81.2 Å². The van der Waals surface area contributed by atoms with Gasteiger partial charge in [-0.05, 0) is 12.1 Å². The first-order valence-corrected chi connectivity index (χ1v) is 7.60. The third-order valence-corrected chi connectivity index (χ3v) is 5.24. The fourth-order valence-electron chi connectivity index (χ4n) is 1.57. The standard InChI is InChI=1S/C12H3Cl7O/c13-4-2-6(15)5(14)1-3(4)7-8(16)10(18)12(20)11(19)9(7)17/h1-2,20H/i1+1,2+1,3+1,4+1,5+1,6+1,7+1,8+1,9+1,10+1,11+1,12+1. The first-order valence-electron chi connectivity index (χ1n) is 4.95. The van der Waals surface area contributed by atoms with Crippen LogP contribution in [0.1, 0.15) is 0 Å². The fraction of sp³-hybridized carbons (Fsp3) is 0. The van der Waals surface area contributed by atoms with Crippen LogP contribution >= 0.6 is 81.2 Å². The fourth-order valence-corrected chi connectivity index (χ4v) is 3.26. The molecule has 0 fully saturated rings. The number of phenolic OH excluding ortho intramolecular Hbond substituents is 1. The summed E-state index contributed by atoms with van der Waals surface area (Å²) in [5, 5.41) is 10.3. The Morgan fingerprint density at radius 2 is 1.05 bits per heavy atom. The number of rotatable bonds is 1. The van der Waals surface area contributed by atoms with Crippen molar-refractivity contribution in [3.8, 4) is 16.9 Å². The van der Waals surface area contributed by atoms with Crippen molar-refractivity contribution in [2.24, 2.45) is 0 Å². The van der Waals surface area contributed by atoms with Crippen molar-refractivity contribution < 1.29 is 5.11 Å². The van der Waals surface area contributed by atoms with Gasteiger partial charge in [0.1, 0.15) is 10.0 Å². The lowest BCUT2D eigenvalue weighted by molar-refractivity contribution is 0.476. The van der Waals surface area contributed by atoms with Crippen molar-refractivity contribution in [3.05, 3.63) is 47.3 Å². The number of hydrogen-bond acceptors (Lipinski definition) is 1. The van der Waals surface area contributed by atoms with Gasteiger partial charge in [0.25, 0.3) is 0 Å². The van der Waals surface area contributed by atoms with E-state index < -0.39 is 5.75 Å². The van der Waals surface area contributed by atoms with Gasteiger partial charge in [0.2, 0.25) is 0 Å². The molecule has 0 spiro atoms. The Labute approximate surface area is 149 Å². The summed E-state index contributed by atoms with van der Waals surface area (Å²) in [6.07, 6.45) is 0. The Balaban J connectivity index is 2.87. The Morgan fingerprint density at radius 3 is 1.55 bits per heavy atom. The Hall–Kier alpha value is 0.270. The molecule has 0 aromatic heterocycles. The molecule has 0 radical (unpaired) electrons.